The first-order valence-corrected chi connectivity index (χ1v) is 5.40. The number of aliphatic hydroxyl groups is 1. The molecular weight excluding hydrogens is 202 g/mol. The average molecular weight is 223 g/mol. The van der Waals surface area contributed by atoms with E-state index in [1.165, 1.54) is 0 Å². The van der Waals surface area contributed by atoms with Crippen LogP contribution in [0.4, 0.5) is 0 Å². The molecule has 0 aliphatic heterocycles. The van der Waals surface area contributed by atoms with Crippen molar-refractivity contribution in [2.75, 3.05) is 7.11 Å². The van der Waals surface area contributed by atoms with Gasteiger partial charge in [0.05, 0.1) is 18.8 Å². The van der Waals surface area contributed by atoms with Gasteiger partial charge in [-0.1, -0.05) is 6.07 Å². The first kappa shape index (κ1) is 13.0. The molecule has 0 aliphatic carbocycles. The van der Waals surface area contributed by atoms with Crippen molar-refractivity contribution in [3.05, 3.63) is 28.8 Å². The molecule has 1 aromatic carbocycles. The molecule has 0 amide bonds. The van der Waals surface area contributed by atoms with Gasteiger partial charge < -0.3 is 15.6 Å². The van der Waals surface area contributed by atoms with Gasteiger partial charge in [0.15, 0.2) is 0 Å². The van der Waals surface area contributed by atoms with Crippen LogP contribution in [0.15, 0.2) is 12.1 Å². The van der Waals surface area contributed by atoms with Gasteiger partial charge >= 0.3 is 0 Å². The van der Waals surface area contributed by atoms with Crippen LogP contribution in [0.5, 0.6) is 5.75 Å². The van der Waals surface area contributed by atoms with Crippen molar-refractivity contribution in [1.29, 1.82) is 0 Å². The van der Waals surface area contributed by atoms with Crippen LogP contribution in [0.1, 0.15) is 36.6 Å². The summed E-state index contributed by atoms with van der Waals surface area (Å²) in [6.07, 6.45) is 0. The first-order chi connectivity index (χ1) is 7.27. The molecule has 0 radical (unpaired) electrons. The standard InChI is InChI=1S/C13H21NO2/c1-8-6-9(2)11(10(7-8)16-5)12(14)13(3,4)15/h6-7,12,15H,14H2,1-5H3. The molecule has 0 aromatic heterocycles. The van der Waals surface area contributed by atoms with E-state index in [4.69, 9.17) is 10.5 Å². The zero-order valence-corrected chi connectivity index (χ0v) is 10.7. The topological polar surface area (TPSA) is 55.5 Å². The third-order valence-electron chi connectivity index (χ3n) is 2.79. The summed E-state index contributed by atoms with van der Waals surface area (Å²) >= 11 is 0. The molecule has 0 saturated heterocycles. The fourth-order valence-electron chi connectivity index (χ4n) is 1.86. The lowest BCUT2D eigenvalue weighted by molar-refractivity contribution is 0.0506. The van der Waals surface area contributed by atoms with Crippen LogP contribution in [-0.2, 0) is 0 Å². The maximum atomic E-state index is 9.97. The average Bonchev–Trinajstić information content (AvgIpc) is 2.14. The van der Waals surface area contributed by atoms with Crippen molar-refractivity contribution in [3.8, 4) is 5.75 Å². The summed E-state index contributed by atoms with van der Waals surface area (Å²) in [5.41, 5.74) is 8.15. The Morgan fingerprint density at radius 2 is 1.88 bits per heavy atom. The zero-order chi connectivity index (χ0) is 12.5. The molecule has 3 nitrogen and oxygen atoms in total. The highest BCUT2D eigenvalue weighted by Crippen LogP contribution is 2.33. The smallest absolute Gasteiger partial charge is 0.124 e. The molecule has 1 aromatic rings. The molecule has 1 atom stereocenters. The molecule has 0 spiro atoms. The number of benzene rings is 1. The molecular formula is C13H21NO2. The van der Waals surface area contributed by atoms with Crippen molar-refractivity contribution >= 4 is 0 Å². The maximum Gasteiger partial charge on any atom is 0.124 e. The Morgan fingerprint density at radius 3 is 2.31 bits per heavy atom. The summed E-state index contributed by atoms with van der Waals surface area (Å²) in [6, 6.07) is 3.53. The van der Waals surface area contributed by atoms with Crippen LogP contribution in [0.3, 0.4) is 0 Å². The molecule has 0 heterocycles. The quantitative estimate of drug-likeness (QED) is 0.825. The summed E-state index contributed by atoms with van der Waals surface area (Å²) in [4.78, 5) is 0. The van der Waals surface area contributed by atoms with Gasteiger partial charge in [0.1, 0.15) is 5.75 Å². The Balaban J connectivity index is 3.32. The number of aryl methyl sites for hydroxylation is 2. The molecule has 0 bridgehead atoms. The molecule has 3 N–H and O–H groups in total. The van der Waals surface area contributed by atoms with Crippen LogP contribution >= 0.6 is 0 Å². The molecule has 0 fully saturated rings. The fourth-order valence-corrected chi connectivity index (χ4v) is 1.86. The minimum Gasteiger partial charge on any atom is -0.496 e. The van der Waals surface area contributed by atoms with E-state index in [0.29, 0.717) is 0 Å². The van der Waals surface area contributed by atoms with E-state index in [0.717, 1.165) is 22.4 Å². The summed E-state index contributed by atoms with van der Waals surface area (Å²) in [6.45, 7) is 7.40. The van der Waals surface area contributed by atoms with Crippen LogP contribution in [-0.4, -0.2) is 17.8 Å². The maximum absolute atomic E-state index is 9.97. The second-order valence-electron chi connectivity index (χ2n) is 4.83. The van der Waals surface area contributed by atoms with Crippen molar-refractivity contribution in [2.24, 2.45) is 5.73 Å². The summed E-state index contributed by atoms with van der Waals surface area (Å²) in [5.74, 6) is 0.743. The minimum atomic E-state index is -0.965. The van der Waals surface area contributed by atoms with Gasteiger partial charge in [0.2, 0.25) is 0 Å². The molecule has 3 heteroatoms. The lowest BCUT2D eigenvalue weighted by Gasteiger charge is -2.28. The predicted octanol–water partition coefficient (Wildman–Crippen LogP) is 2.08. The van der Waals surface area contributed by atoms with Crippen LogP contribution in [0.2, 0.25) is 0 Å². The van der Waals surface area contributed by atoms with Crippen LogP contribution in [0.25, 0.3) is 0 Å². The van der Waals surface area contributed by atoms with E-state index in [1.54, 1.807) is 21.0 Å². The molecule has 1 unspecified atom stereocenters. The highest BCUT2D eigenvalue weighted by molar-refractivity contribution is 5.45. The summed E-state index contributed by atoms with van der Waals surface area (Å²) in [5, 5.41) is 9.97. The Kier molecular flexibility index (Phi) is 3.61. The highest BCUT2D eigenvalue weighted by Gasteiger charge is 2.28. The number of ether oxygens (including phenoxy) is 1. The molecule has 16 heavy (non-hydrogen) atoms. The highest BCUT2D eigenvalue weighted by atomic mass is 16.5. The largest absolute Gasteiger partial charge is 0.496 e. The third-order valence-corrected chi connectivity index (χ3v) is 2.79. The van der Waals surface area contributed by atoms with Gasteiger partial charge in [-0.15, -0.1) is 0 Å². The van der Waals surface area contributed by atoms with Crippen molar-refractivity contribution < 1.29 is 9.84 Å². The molecule has 1 rings (SSSR count). The SMILES string of the molecule is COc1cc(C)cc(C)c1C(N)C(C)(C)O. The van der Waals surface area contributed by atoms with Gasteiger partial charge in [-0.25, -0.2) is 0 Å². The number of methoxy groups -OCH3 is 1. The van der Waals surface area contributed by atoms with E-state index in [1.807, 2.05) is 26.0 Å². The number of hydrogen-bond donors (Lipinski definition) is 2. The molecule has 0 aliphatic rings. The van der Waals surface area contributed by atoms with Gasteiger partial charge in [-0.3, -0.25) is 0 Å². The number of hydrogen-bond acceptors (Lipinski definition) is 3. The van der Waals surface area contributed by atoms with Crippen LogP contribution in [0, 0.1) is 13.8 Å². The Morgan fingerprint density at radius 1 is 1.31 bits per heavy atom. The second kappa shape index (κ2) is 4.44. The summed E-state index contributed by atoms with van der Waals surface area (Å²) < 4.78 is 5.33. The Labute approximate surface area is 97.2 Å². The first-order valence-electron chi connectivity index (χ1n) is 5.40. The van der Waals surface area contributed by atoms with Gasteiger partial charge in [-0.2, -0.15) is 0 Å². The predicted molar refractivity (Wildman–Crippen MR) is 65.7 cm³/mol. The normalized spacial score (nSPS) is 13.7. The van der Waals surface area contributed by atoms with Crippen molar-refractivity contribution in [1.82, 2.24) is 0 Å². The molecule has 0 saturated carbocycles. The van der Waals surface area contributed by atoms with Gasteiger partial charge in [0.25, 0.3) is 0 Å². The van der Waals surface area contributed by atoms with E-state index in [2.05, 4.69) is 0 Å². The van der Waals surface area contributed by atoms with E-state index in [9.17, 15) is 5.11 Å². The van der Waals surface area contributed by atoms with Crippen LogP contribution < -0.4 is 10.5 Å². The number of rotatable bonds is 3. The van der Waals surface area contributed by atoms with Gasteiger partial charge in [0, 0.05) is 5.56 Å². The summed E-state index contributed by atoms with van der Waals surface area (Å²) in [7, 11) is 1.62. The Bertz CT molecular complexity index is 380. The second-order valence-corrected chi connectivity index (χ2v) is 4.83. The number of nitrogens with two attached hydrogens (primary N) is 1. The molecule has 90 valence electrons. The fraction of sp³-hybridized carbons (Fsp3) is 0.538. The van der Waals surface area contributed by atoms with E-state index < -0.39 is 11.6 Å². The van der Waals surface area contributed by atoms with Gasteiger partial charge in [-0.05, 0) is 44.9 Å². The van der Waals surface area contributed by atoms with E-state index in [-0.39, 0.29) is 0 Å². The lowest BCUT2D eigenvalue weighted by atomic mass is 9.88. The monoisotopic (exact) mass is 223 g/mol. The Hall–Kier alpha value is -1.06. The van der Waals surface area contributed by atoms with Crippen molar-refractivity contribution in [3.63, 3.8) is 0 Å². The zero-order valence-electron chi connectivity index (χ0n) is 10.7. The third kappa shape index (κ3) is 2.54. The minimum absolute atomic E-state index is 0.456. The lowest BCUT2D eigenvalue weighted by Crippen LogP contribution is -2.35. The van der Waals surface area contributed by atoms with Crippen molar-refractivity contribution in [2.45, 2.75) is 39.3 Å². The van der Waals surface area contributed by atoms with E-state index >= 15 is 0 Å².